The normalized spacial score (nSPS) is 11.5. The molecule has 114 valence electrons. The minimum Gasteiger partial charge on any atom is -0.349 e. The Morgan fingerprint density at radius 1 is 0.650 bits per heavy atom. The monoisotopic (exact) mass is 282 g/mol. The van der Waals surface area contributed by atoms with Crippen molar-refractivity contribution in [2.45, 2.75) is 40.3 Å². The molecule has 0 bridgehead atoms. The van der Waals surface area contributed by atoms with E-state index in [0.29, 0.717) is 26.4 Å². The van der Waals surface area contributed by atoms with Crippen LogP contribution in [0.1, 0.15) is 51.4 Å². The van der Waals surface area contributed by atoms with Gasteiger partial charge in [0.2, 0.25) is 0 Å². The van der Waals surface area contributed by atoms with Gasteiger partial charge in [-0.1, -0.05) is 24.3 Å². The third kappa shape index (κ3) is 4.87. The number of hydrogen-bond acceptors (Lipinski definition) is 4. The van der Waals surface area contributed by atoms with E-state index < -0.39 is 0 Å². The van der Waals surface area contributed by atoms with Crippen LogP contribution in [0, 0.1) is 0 Å². The van der Waals surface area contributed by atoms with Gasteiger partial charge in [-0.05, 0) is 27.7 Å². The Balaban J connectivity index is 3.04. The number of hydrogen-bond donors (Lipinski definition) is 0. The van der Waals surface area contributed by atoms with E-state index >= 15 is 0 Å². The molecular formula is C16H26O4. The average Bonchev–Trinajstić information content (AvgIpc) is 2.47. The summed E-state index contributed by atoms with van der Waals surface area (Å²) in [5.74, 6) is 0. The van der Waals surface area contributed by atoms with Crippen molar-refractivity contribution < 1.29 is 18.9 Å². The van der Waals surface area contributed by atoms with Crippen molar-refractivity contribution in [3.8, 4) is 0 Å². The molecule has 4 nitrogen and oxygen atoms in total. The third-order valence-corrected chi connectivity index (χ3v) is 2.78. The SMILES string of the molecule is CCOC(OCC)c1ccccc1C(OCC)OCC. The number of rotatable bonds is 10. The molecule has 0 aliphatic carbocycles. The molecular weight excluding hydrogens is 256 g/mol. The van der Waals surface area contributed by atoms with E-state index in [9.17, 15) is 0 Å². The van der Waals surface area contributed by atoms with Crippen molar-refractivity contribution in [2.75, 3.05) is 26.4 Å². The fourth-order valence-electron chi connectivity index (χ4n) is 2.00. The highest BCUT2D eigenvalue weighted by molar-refractivity contribution is 5.29. The Morgan fingerprint density at radius 3 is 1.20 bits per heavy atom. The van der Waals surface area contributed by atoms with Crippen LogP contribution in [0.15, 0.2) is 24.3 Å². The first-order valence-electron chi connectivity index (χ1n) is 7.33. The summed E-state index contributed by atoms with van der Waals surface area (Å²) in [6.07, 6.45) is -0.769. The van der Waals surface area contributed by atoms with Crippen LogP contribution in [-0.2, 0) is 18.9 Å². The Bertz CT molecular complexity index is 320. The first-order chi connectivity index (χ1) is 9.78. The molecule has 4 heteroatoms. The van der Waals surface area contributed by atoms with Crippen molar-refractivity contribution in [1.82, 2.24) is 0 Å². The molecule has 0 aliphatic heterocycles. The summed E-state index contributed by atoms with van der Waals surface area (Å²) in [6, 6.07) is 7.93. The second-order valence-corrected chi connectivity index (χ2v) is 4.11. The topological polar surface area (TPSA) is 36.9 Å². The van der Waals surface area contributed by atoms with Crippen molar-refractivity contribution >= 4 is 0 Å². The molecule has 0 saturated heterocycles. The van der Waals surface area contributed by atoms with Crippen LogP contribution in [-0.4, -0.2) is 26.4 Å². The van der Waals surface area contributed by atoms with Crippen molar-refractivity contribution in [2.24, 2.45) is 0 Å². The molecule has 0 fully saturated rings. The van der Waals surface area contributed by atoms with E-state index in [2.05, 4.69) is 0 Å². The molecule has 0 aliphatic rings. The van der Waals surface area contributed by atoms with E-state index in [1.165, 1.54) is 0 Å². The molecule has 0 radical (unpaired) electrons. The molecule has 0 spiro atoms. The smallest absolute Gasteiger partial charge is 0.184 e. The van der Waals surface area contributed by atoms with Crippen molar-refractivity contribution in [3.05, 3.63) is 35.4 Å². The fraction of sp³-hybridized carbons (Fsp3) is 0.625. The van der Waals surface area contributed by atoms with Gasteiger partial charge in [-0.15, -0.1) is 0 Å². The summed E-state index contributed by atoms with van der Waals surface area (Å²) in [5, 5.41) is 0. The van der Waals surface area contributed by atoms with E-state index in [4.69, 9.17) is 18.9 Å². The Kier molecular flexibility index (Phi) is 8.46. The highest BCUT2D eigenvalue weighted by atomic mass is 16.7. The van der Waals surface area contributed by atoms with Gasteiger partial charge < -0.3 is 18.9 Å². The molecule has 0 aromatic heterocycles. The molecule has 0 N–H and O–H groups in total. The zero-order valence-corrected chi connectivity index (χ0v) is 12.9. The summed E-state index contributed by atoms with van der Waals surface area (Å²) in [6.45, 7) is 10.2. The lowest BCUT2D eigenvalue weighted by atomic mass is 10.1. The summed E-state index contributed by atoms with van der Waals surface area (Å²) in [7, 11) is 0. The molecule has 0 heterocycles. The highest BCUT2D eigenvalue weighted by Gasteiger charge is 2.21. The van der Waals surface area contributed by atoms with Crippen LogP contribution in [0.4, 0.5) is 0 Å². The van der Waals surface area contributed by atoms with Crippen LogP contribution in [0.2, 0.25) is 0 Å². The second-order valence-electron chi connectivity index (χ2n) is 4.11. The molecule has 20 heavy (non-hydrogen) atoms. The maximum absolute atomic E-state index is 5.68. The first-order valence-corrected chi connectivity index (χ1v) is 7.33. The fourth-order valence-corrected chi connectivity index (χ4v) is 2.00. The average molecular weight is 282 g/mol. The minimum absolute atomic E-state index is 0.385. The van der Waals surface area contributed by atoms with E-state index in [-0.39, 0.29) is 12.6 Å². The first kappa shape index (κ1) is 17.1. The minimum atomic E-state index is -0.385. The van der Waals surface area contributed by atoms with Gasteiger partial charge in [0.25, 0.3) is 0 Å². The predicted octanol–water partition coefficient (Wildman–Crippen LogP) is 3.83. The van der Waals surface area contributed by atoms with Gasteiger partial charge in [0, 0.05) is 37.6 Å². The summed E-state index contributed by atoms with van der Waals surface area (Å²) < 4.78 is 22.7. The molecule has 1 aromatic carbocycles. The lowest BCUT2D eigenvalue weighted by molar-refractivity contribution is -0.156. The quantitative estimate of drug-likeness (QED) is 0.611. The second kappa shape index (κ2) is 9.88. The third-order valence-electron chi connectivity index (χ3n) is 2.78. The largest absolute Gasteiger partial charge is 0.349 e. The van der Waals surface area contributed by atoms with Gasteiger partial charge in [0.1, 0.15) is 0 Å². The molecule has 0 atom stereocenters. The summed E-state index contributed by atoms with van der Waals surface area (Å²) >= 11 is 0. The van der Waals surface area contributed by atoms with Gasteiger partial charge >= 0.3 is 0 Å². The zero-order chi connectivity index (χ0) is 14.8. The summed E-state index contributed by atoms with van der Waals surface area (Å²) in [4.78, 5) is 0. The zero-order valence-electron chi connectivity index (χ0n) is 12.9. The molecule has 0 unspecified atom stereocenters. The van der Waals surface area contributed by atoms with Crippen LogP contribution in [0.5, 0.6) is 0 Å². The van der Waals surface area contributed by atoms with Crippen LogP contribution in [0.3, 0.4) is 0 Å². The van der Waals surface area contributed by atoms with Crippen LogP contribution >= 0.6 is 0 Å². The molecule has 1 aromatic rings. The highest BCUT2D eigenvalue weighted by Crippen LogP contribution is 2.29. The summed E-state index contributed by atoms with van der Waals surface area (Å²) in [5.41, 5.74) is 1.92. The van der Waals surface area contributed by atoms with E-state index in [1.807, 2.05) is 52.0 Å². The lowest BCUT2D eigenvalue weighted by Crippen LogP contribution is -2.16. The van der Waals surface area contributed by atoms with Crippen LogP contribution < -0.4 is 0 Å². The predicted molar refractivity (Wildman–Crippen MR) is 78.4 cm³/mol. The Hall–Kier alpha value is -0.940. The lowest BCUT2D eigenvalue weighted by Gasteiger charge is -2.24. The van der Waals surface area contributed by atoms with Crippen molar-refractivity contribution in [3.63, 3.8) is 0 Å². The van der Waals surface area contributed by atoms with Gasteiger partial charge in [0.05, 0.1) is 0 Å². The maximum atomic E-state index is 5.68. The Labute approximate surface area is 122 Å². The molecule has 1 rings (SSSR count). The molecule has 0 amide bonds. The van der Waals surface area contributed by atoms with Gasteiger partial charge in [-0.25, -0.2) is 0 Å². The maximum Gasteiger partial charge on any atom is 0.184 e. The number of benzene rings is 1. The van der Waals surface area contributed by atoms with Crippen molar-refractivity contribution in [1.29, 1.82) is 0 Å². The standard InChI is InChI=1S/C16H26O4/c1-5-17-15(18-6-2)13-11-9-10-12-14(13)16(19-7-3)20-8-4/h9-12,15-16H,5-8H2,1-4H3. The van der Waals surface area contributed by atoms with Crippen LogP contribution in [0.25, 0.3) is 0 Å². The Morgan fingerprint density at radius 2 is 0.950 bits per heavy atom. The molecule has 0 saturated carbocycles. The number of ether oxygens (including phenoxy) is 4. The van der Waals surface area contributed by atoms with E-state index in [0.717, 1.165) is 11.1 Å². The van der Waals surface area contributed by atoms with Gasteiger partial charge in [0.15, 0.2) is 12.6 Å². The van der Waals surface area contributed by atoms with Gasteiger partial charge in [-0.2, -0.15) is 0 Å². The van der Waals surface area contributed by atoms with E-state index in [1.54, 1.807) is 0 Å². The van der Waals surface area contributed by atoms with Gasteiger partial charge in [-0.3, -0.25) is 0 Å².